The van der Waals surface area contributed by atoms with Gasteiger partial charge in [0.05, 0.1) is 25.7 Å². The Morgan fingerprint density at radius 2 is 1.88 bits per heavy atom. The van der Waals surface area contributed by atoms with Crippen molar-refractivity contribution in [1.82, 2.24) is 4.90 Å². The molecule has 0 aliphatic carbocycles. The molecule has 2 unspecified atom stereocenters. The van der Waals surface area contributed by atoms with Crippen LogP contribution >= 0.6 is 0 Å². The maximum absolute atomic E-state index is 13.4. The smallest absolute Gasteiger partial charge is 0.230 e. The molecule has 2 rings (SSSR count). The SMILES string of the molecule is COc1ccc(C(CO)N(C)C(=O)C(C)c2cccc(F)c2)cc1. The van der Waals surface area contributed by atoms with Crippen LogP contribution in [0.25, 0.3) is 0 Å². The molecular formula is C19H22FNO3. The number of aliphatic hydroxyl groups is 1. The summed E-state index contributed by atoms with van der Waals surface area (Å²) < 4.78 is 18.5. The molecule has 2 aromatic carbocycles. The Bertz CT molecular complexity index is 687. The Morgan fingerprint density at radius 1 is 1.21 bits per heavy atom. The van der Waals surface area contributed by atoms with Crippen LogP contribution in [0.2, 0.25) is 0 Å². The van der Waals surface area contributed by atoms with E-state index in [0.29, 0.717) is 11.3 Å². The van der Waals surface area contributed by atoms with Gasteiger partial charge < -0.3 is 14.7 Å². The van der Waals surface area contributed by atoms with Crippen LogP contribution in [0.4, 0.5) is 4.39 Å². The number of nitrogens with zero attached hydrogens (tertiary/aromatic N) is 1. The first-order valence-corrected chi connectivity index (χ1v) is 7.75. The molecule has 24 heavy (non-hydrogen) atoms. The number of likely N-dealkylation sites (N-methyl/N-ethyl adjacent to an activating group) is 1. The summed E-state index contributed by atoms with van der Waals surface area (Å²) in [5.41, 5.74) is 1.42. The number of rotatable bonds is 6. The highest BCUT2D eigenvalue weighted by molar-refractivity contribution is 5.83. The zero-order chi connectivity index (χ0) is 17.7. The number of ether oxygens (including phenoxy) is 1. The molecule has 0 spiro atoms. The van der Waals surface area contributed by atoms with E-state index in [4.69, 9.17) is 4.74 Å². The summed E-state index contributed by atoms with van der Waals surface area (Å²) >= 11 is 0. The normalized spacial score (nSPS) is 13.2. The first-order chi connectivity index (χ1) is 11.5. The summed E-state index contributed by atoms with van der Waals surface area (Å²) in [6.07, 6.45) is 0. The zero-order valence-electron chi connectivity index (χ0n) is 14.1. The summed E-state index contributed by atoms with van der Waals surface area (Å²) in [6.45, 7) is 1.53. The summed E-state index contributed by atoms with van der Waals surface area (Å²) in [6, 6.07) is 12.7. The molecule has 1 N–H and O–H groups in total. The third kappa shape index (κ3) is 3.92. The highest BCUT2D eigenvalue weighted by Gasteiger charge is 2.26. The second kappa shape index (κ2) is 7.93. The van der Waals surface area contributed by atoms with Gasteiger partial charge in [-0.25, -0.2) is 4.39 Å². The van der Waals surface area contributed by atoms with Gasteiger partial charge in [-0.15, -0.1) is 0 Å². The fourth-order valence-corrected chi connectivity index (χ4v) is 2.66. The van der Waals surface area contributed by atoms with Crippen LogP contribution in [0.5, 0.6) is 5.75 Å². The molecule has 0 bridgehead atoms. The predicted octanol–water partition coefficient (Wildman–Crippen LogP) is 3.13. The second-order valence-corrected chi connectivity index (χ2v) is 5.70. The van der Waals surface area contributed by atoms with E-state index in [-0.39, 0.29) is 18.3 Å². The number of carbonyl (C=O) groups excluding carboxylic acids is 1. The predicted molar refractivity (Wildman–Crippen MR) is 90.4 cm³/mol. The average Bonchev–Trinajstić information content (AvgIpc) is 2.61. The minimum Gasteiger partial charge on any atom is -0.497 e. The molecule has 0 saturated heterocycles. The van der Waals surface area contributed by atoms with Crippen molar-refractivity contribution in [3.05, 3.63) is 65.5 Å². The number of carbonyl (C=O) groups is 1. The van der Waals surface area contributed by atoms with Crippen LogP contribution in [-0.4, -0.2) is 36.7 Å². The first-order valence-electron chi connectivity index (χ1n) is 7.75. The molecule has 0 heterocycles. The molecule has 1 amide bonds. The van der Waals surface area contributed by atoms with Gasteiger partial charge >= 0.3 is 0 Å². The Labute approximate surface area is 141 Å². The zero-order valence-corrected chi connectivity index (χ0v) is 14.1. The number of methoxy groups -OCH3 is 1. The molecular weight excluding hydrogens is 309 g/mol. The molecule has 128 valence electrons. The number of aliphatic hydroxyl groups excluding tert-OH is 1. The minimum absolute atomic E-state index is 0.185. The van der Waals surface area contributed by atoms with Gasteiger partial charge in [0.15, 0.2) is 0 Å². The van der Waals surface area contributed by atoms with Crippen LogP contribution in [0.3, 0.4) is 0 Å². The Morgan fingerprint density at radius 3 is 2.42 bits per heavy atom. The summed E-state index contributed by atoms with van der Waals surface area (Å²) in [5, 5.41) is 9.74. The first kappa shape index (κ1) is 17.9. The molecule has 2 atom stereocenters. The van der Waals surface area contributed by atoms with Gasteiger partial charge in [-0.05, 0) is 42.3 Å². The fraction of sp³-hybridized carbons (Fsp3) is 0.316. The topological polar surface area (TPSA) is 49.8 Å². The van der Waals surface area contributed by atoms with Gasteiger partial charge in [-0.2, -0.15) is 0 Å². The lowest BCUT2D eigenvalue weighted by Crippen LogP contribution is -2.36. The van der Waals surface area contributed by atoms with Crippen LogP contribution in [0.1, 0.15) is 30.0 Å². The summed E-state index contributed by atoms with van der Waals surface area (Å²) in [5.74, 6) is -0.352. The number of amides is 1. The van der Waals surface area contributed by atoms with Crippen molar-refractivity contribution in [2.75, 3.05) is 20.8 Å². The average molecular weight is 331 g/mol. The lowest BCUT2D eigenvalue weighted by Gasteiger charge is -2.29. The van der Waals surface area contributed by atoms with Gasteiger partial charge in [-0.3, -0.25) is 4.79 Å². The van der Waals surface area contributed by atoms with E-state index >= 15 is 0 Å². The molecule has 5 heteroatoms. The van der Waals surface area contributed by atoms with Gasteiger partial charge in [0.25, 0.3) is 0 Å². The van der Waals surface area contributed by atoms with E-state index in [1.165, 1.54) is 17.0 Å². The third-order valence-electron chi connectivity index (χ3n) is 4.21. The van der Waals surface area contributed by atoms with Crippen molar-refractivity contribution in [2.24, 2.45) is 0 Å². The minimum atomic E-state index is -0.502. The van der Waals surface area contributed by atoms with Crippen LogP contribution in [0.15, 0.2) is 48.5 Å². The summed E-state index contributed by atoms with van der Waals surface area (Å²) in [7, 11) is 3.22. The van der Waals surface area contributed by atoms with E-state index < -0.39 is 12.0 Å². The van der Waals surface area contributed by atoms with Gasteiger partial charge in [0, 0.05) is 7.05 Å². The maximum atomic E-state index is 13.4. The van der Waals surface area contributed by atoms with Gasteiger partial charge in [-0.1, -0.05) is 24.3 Å². The van der Waals surface area contributed by atoms with E-state index in [0.717, 1.165) is 5.56 Å². The Hall–Kier alpha value is -2.40. The molecule has 0 saturated carbocycles. The lowest BCUT2D eigenvalue weighted by atomic mass is 9.98. The van der Waals surface area contributed by atoms with Crippen molar-refractivity contribution in [1.29, 1.82) is 0 Å². The Kier molecular flexibility index (Phi) is 5.93. The monoisotopic (exact) mass is 331 g/mol. The van der Waals surface area contributed by atoms with Crippen molar-refractivity contribution < 1.29 is 19.0 Å². The van der Waals surface area contributed by atoms with Gasteiger partial charge in [0.1, 0.15) is 11.6 Å². The van der Waals surface area contributed by atoms with E-state index in [1.54, 1.807) is 45.3 Å². The van der Waals surface area contributed by atoms with Crippen molar-refractivity contribution in [3.8, 4) is 5.75 Å². The standard InChI is InChI=1S/C19H22FNO3/c1-13(15-5-4-6-16(20)11-15)19(23)21(2)18(12-22)14-7-9-17(24-3)10-8-14/h4-11,13,18,22H,12H2,1-3H3. The molecule has 2 aromatic rings. The van der Waals surface area contributed by atoms with E-state index in [9.17, 15) is 14.3 Å². The molecule has 0 aliphatic heterocycles. The van der Waals surface area contributed by atoms with Crippen molar-refractivity contribution in [2.45, 2.75) is 18.9 Å². The van der Waals surface area contributed by atoms with E-state index in [1.807, 2.05) is 12.1 Å². The number of halogens is 1. The van der Waals surface area contributed by atoms with E-state index in [2.05, 4.69) is 0 Å². The largest absolute Gasteiger partial charge is 0.497 e. The number of hydrogen-bond donors (Lipinski definition) is 1. The van der Waals surface area contributed by atoms with Gasteiger partial charge in [0.2, 0.25) is 5.91 Å². The lowest BCUT2D eigenvalue weighted by molar-refractivity contribution is -0.134. The molecule has 0 fully saturated rings. The molecule has 4 nitrogen and oxygen atoms in total. The quantitative estimate of drug-likeness (QED) is 0.885. The third-order valence-corrected chi connectivity index (χ3v) is 4.21. The van der Waals surface area contributed by atoms with Crippen molar-refractivity contribution in [3.63, 3.8) is 0 Å². The maximum Gasteiger partial charge on any atom is 0.230 e. The highest BCUT2D eigenvalue weighted by atomic mass is 19.1. The molecule has 0 aliphatic rings. The fourth-order valence-electron chi connectivity index (χ4n) is 2.66. The number of benzene rings is 2. The molecule has 0 aromatic heterocycles. The second-order valence-electron chi connectivity index (χ2n) is 5.70. The van der Waals surface area contributed by atoms with Crippen LogP contribution in [0, 0.1) is 5.82 Å². The van der Waals surface area contributed by atoms with Crippen LogP contribution < -0.4 is 4.74 Å². The summed E-state index contributed by atoms with van der Waals surface area (Å²) in [4.78, 5) is 14.2. The van der Waals surface area contributed by atoms with Crippen molar-refractivity contribution >= 4 is 5.91 Å². The number of hydrogen-bond acceptors (Lipinski definition) is 3. The Balaban J connectivity index is 2.20. The highest BCUT2D eigenvalue weighted by Crippen LogP contribution is 2.26. The molecule has 0 radical (unpaired) electrons. The van der Waals surface area contributed by atoms with Crippen LogP contribution in [-0.2, 0) is 4.79 Å².